The largest absolute Gasteiger partial charge is 0.497 e. The molecule has 340 valence electrons. The van der Waals surface area contributed by atoms with Gasteiger partial charge in [-0.2, -0.15) is 0 Å². The Morgan fingerprint density at radius 2 is 1.10 bits per heavy atom. The van der Waals surface area contributed by atoms with Crippen LogP contribution in [-0.2, 0) is 20.6 Å². The van der Waals surface area contributed by atoms with Gasteiger partial charge in [-0.25, -0.2) is 15.0 Å². The molecule has 0 spiro atoms. The van der Waals surface area contributed by atoms with Gasteiger partial charge in [0.15, 0.2) is 23.2 Å². The summed E-state index contributed by atoms with van der Waals surface area (Å²) in [5, 5.41) is 20.4. The third-order valence-corrected chi connectivity index (χ3v) is 13.6. The first-order valence-electron chi connectivity index (χ1n) is 23.2. The highest BCUT2D eigenvalue weighted by Gasteiger charge is 2.48. The average Bonchev–Trinajstić information content (AvgIpc) is 3.97. The van der Waals surface area contributed by atoms with Crippen LogP contribution >= 0.6 is 0 Å². The summed E-state index contributed by atoms with van der Waals surface area (Å²) in [5.74, 6) is 2.03. The van der Waals surface area contributed by atoms with Gasteiger partial charge in [0.1, 0.15) is 41.2 Å². The van der Waals surface area contributed by atoms with Crippen molar-refractivity contribution in [3.63, 3.8) is 0 Å². The second-order valence-corrected chi connectivity index (χ2v) is 17.4. The molecule has 2 fully saturated rings. The summed E-state index contributed by atoms with van der Waals surface area (Å²) < 4.78 is 27.5. The van der Waals surface area contributed by atoms with Crippen molar-refractivity contribution >= 4 is 17.0 Å². The third-order valence-electron chi connectivity index (χ3n) is 13.6. The Balaban J connectivity index is 1.04. The molecule has 0 bridgehead atoms. The fraction of sp³-hybridized carbons (Fsp3) is 0.268. The number of aromatic nitrogens is 4. The van der Waals surface area contributed by atoms with Crippen LogP contribution in [0.2, 0.25) is 0 Å². The number of anilines is 1. The second kappa shape index (κ2) is 19.5. The zero-order chi connectivity index (χ0) is 45.6. The summed E-state index contributed by atoms with van der Waals surface area (Å²) in [4.78, 5) is 14.6. The molecule has 10 rings (SSSR count). The SMILES string of the molecule is COc1ccc(C(Nc2ncnc3c2ncn3C2OC(COC(c3ccccc3)(c3ccccc3)c3ccc(OC)cc3)C(NC3CCCCC3)C2O)(c2ccccc2)c2ccccc2)cc1. The highest BCUT2D eigenvalue weighted by molar-refractivity contribution is 5.84. The van der Waals surface area contributed by atoms with Crippen LogP contribution in [0.3, 0.4) is 0 Å². The summed E-state index contributed by atoms with van der Waals surface area (Å²) in [6, 6.07) is 57.2. The number of fused-ring (bicyclic) bond motifs is 1. The number of rotatable bonds is 16. The molecule has 0 radical (unpaired) electrons. The van der Waals surface area contributed by atoms with Crippen molar-refractivity contribution in [1.29, 1.82) is 0 Å². The number of nitrogens with one attached hydrogen (secondary N) is 2. The van der Waals surface area contributed by atoms with E-state index < -0.39 is 35.6 Å². The lowest BCUT2D eigenvalue weighted by molar-refractivity contribution is -0.0870. The van der Waals surface area contributed by atoms with Gasteiger partial charge in [0.05, 0.1) is 33.2 Å². The number of imidazole rings is 1. The quantitative estimate of drug-likeness (QED) is 0.0808. The normalized spacial score (nSPS) is 19.0. The van der Waals surface area contributed by atoms with Crippen LogP contribution in [0.25, 0.3) is 11.2 Å². The number of hydrogen-bond donors (Lipinski definition) is 3. The molecule has 2 aromatic heterocycles. The van der Waals surface area contributed by atoms with E-state index in [1.807, 2.05) is 102 Å². The van der Waals surface area contributed by atoms with E-state index in [4.69, 9.17) is 33.9 Å². The first-order valence-corrected chi connectivity index (χ1v) is 23.2. The number of nitrogens with zero attached hydrogens (tertiary/aromatic N) is 4. The summed E-state index contributed by atoms with van der Waals surface area (Å²) in [7, 11) is 3.34. The van der Waals surface area contributed by atoms with E-state index in [2.05, 4.69) is 83.4 Å². The molecule has 11 heteroatoms. The van der Waals surface area contributed by atoms with E-state index in [1.165, 1.54) is 6.42 Å². The Bertz CT molecular complexity index is 2750. The van der Waals surface area contributed by atoms with E-state index in [0.29, 0.717) is 17.0 Å². The number of hydrogen-bond acceptors (Lipinski definition) is 10. The summed E-state index contributed by atoms with van der Waals surface area (Å²) in [6.07, 6.45) is 6.39. The fourth-order valence-electron chi connectivity index (χ4n) is 10.2. The van der Waals surface area contributed by atoms with Gasteiger partial charge in [-0.15, -0.1) is 0 Å². The number of aliphatic hydroxyl groups is 1. The van der Waals surface area contributed by atoms with Gasteiger partial charge in [0, 0.05) is 6.04 Å². The summed E-state index contributed by atoms with van der Waals surface area (Å²) >= 11 is 0. The van der Waals surface area contributed by atoms with Crippen LogP contribution < -0.4 is 20.1 Å². The molecule has 2 aliphatic rings. The van der Waals surface area contributed by atoms with Crippen molar-refractivity contribution in [3.8, 4) is 11.5 Å². The molecular weight excluding hydrogens is 837 g/mol. The number of benzene rings is 6. The zero-order valence-corrected chi connectivity index (χ0v) is 37.8. The third kappa shape index (κ3) is 8.44. The van der Waals surface area contributed by atoms with Gasteiger partial charge in [-0.1, -0.05) is 165 Å². The highest BCUT2D eigenvalue weighted by Crippen LogP contribution is 2.44. The fourth-order valence-corrected chi connectivity index (χ4v) is 10.2. The van der Waals surface area contributed by atoms with E-state index in [9.17, 15) is 5.11 Å². The lowest BCUT2D eigenvalue weighted by Crippen LogP contribution is -2.51. The topological polar surface area (TPSA) is 125 Å². The van der Waals surface area contributed by atoms with Crippen LogP contribution in [0.1, 0.15) is 71.7 Å². The maximum Gasteiger partial charge on any atom is 0.167 e. The Morgan fingerprint density at radius 3 is 1.64 bits per heavy atom. The van der Waals surface area contributed by atoms with Gasteiger partial charge in [-0.3, -0.25) is 4.57 Å². The molecule has 0 amide bonds. The highest BCUT2D eigenvalue weighted by atomic mass is 16.6. The van der Waals surface area contributed by atoms with E-state index in [1.54, 1.807) is 26.9 Å². The minimum absolute atomic E-state index is 0.153. The van der Waals surface area contributed by atoms with Crippen molar-refractivity contribution in [1.82, 2.24) is 24.8 Å². The molecule has 1 saturated carbocycles. The van der Waals surface area contributed by atoms with Crippen LogP contribution in [0, 0.1) is 0 Å². The van der Waals surface area contributed by atoms with Crippen LogP contribution in [-0.4, -0.2) is 69.7 Å². The monoisotopic (exact) mass is 892 g/mol. The van der Waals surface area contributed by atoms with Gasteiger partial charge >= 0.3 is 0 Å². The predicted molar refractivity (Wildman–Crippen MR) is 260 cm³/mol. The summed E-state index contributed by atoms with van der Waals surface area (Å²) in [6.45, 7) is 0.153. The first-order chi connectivity index (χ1) is 33.0. The van der Waals surface area contributed by atoms with E-state index in [0.717, 1.165) is 70.6 Å². The zero-order valence-electron chi connectivity index (χ0n) is 37.8. The number of methoxy groups -OCH3 is 2. The lowest BCUT2D eigenvalue weighted by Gasteiger charge is -2.37. The Kier molecular flexibility index (Phi) is 12.8. The Hall–Kier alpha value is -6.89. The first kappa shape index (κ1) is 44.0. The number of ether oxygens (including phenoxy) is 4. The molecule has 3 N–H and O–H groups in total. The van der Waals surface area contributed by atoms with Gasteiger partial charge < -0.3 is 34.7 Å². The minimum atomic E-state index is -1.03. The molecule has 4 unspecified atom stereocenters. The Labute approximate surface area is 391 Å². The van der Waals surface area contributed by atoms with Crippen molar-refractivity contribution in [2.24, 2.45) is 0 Å². The van der Waals surface area contributed by atoms with Crippen LogP contribution in [0.4, 0.5) is 5.82 Å². The van der Waals surface area contributed by atoms with Gasteiger partial charge in [-0.05, 0) is 70.5 Å². The smallest absolute Gasteiger partial charge is 0.167 e. The van der Waals surface area contributed by atoms with Crippen molar-refractivity contribution in [2.45, 2.75) is 73.8 Å². The molecule has 3 heterocycles. The molecule has 6 aromatic carbocycles. The minimum Gasteiger partial charge on any atom is -0.497 e. The number of aliphatic hydroxyl groups excluding tert-OH is 1. The molecule has 1 saturated heterocycles. The van der Waals surface area contributed by atoms with Crippen molar-refractivity contribution < 1.29 is 24.1 Å². The van der Waals surface area contributed by atoms with Crippen LogP contribution in [0.5, 0.6) is 11.5 Å². The average molecular weight is 893 g/mol. The van der Waals surface area contributed by atoms with Gasteiger partial charge in [0.25, 0.3) is 0 Å². The van der Waals surface area contributed by atoms with Gasteiger partial charge in [0.2, 0.25) is 0 Å². The van der Waals surface area contributed by atoms with Crippen molar-refractivity contribution in [3.05, 3.63) is 216 Å². The maximum atomic E-state index is 12.6. The van der Waals surface area contributed by atoms with Crippen LogP contribution in [0.15, 0.2) is 183 Å². The molecule has 1 aliphatic carbocycles. The molecule has 1 aliphatic heterocycles. The predicted octanol–water partition coefficient (Wildman–Crippen LogP) is 9.81. The lowest BCUT2D eigenvalue weighted by atomic mass is 9.77. The molecule has 11 nitrogen and oxygen atoms in total. The van der Waals surface area contributed by atoms with E-state index >= 15 is 0 Å². The van der Waals surface area contributed by atoms with Crippen molar-refractivity contribution in [2.75, 3.05) is 26.1 Å². The molecule has 8 aromatic rings. The maximum absolute atomic E-state index is 12.6. The Morgan fingerprint density at radius 1 is 0.612 bits per heavy atom. The standard InChI is InChI=1S/C56H56N6O5/c1-64-46-32-28-41(29-33-46)55(39-18-8-3-9-19-39,40-20-10-4-11-21-40)61-52-50-53(58-37-57-52)62(38-59-50)54-51(63)49(60-45-26-16-7-17-27-45)48(67-54)36-66-56(42-22-12-5-13-23-42,43-24-14-6-15-25-43)44-30-34-47(65-2)35-31-44/h3-6,8-15,18-25,28-35,37-38,45,48-49,51,54,60,63H,7,16-17,26-27,36H2,1-2H3,(H,57,58,61). The molecular formula is C56H56N6O5. The summed E-state index contributed by atoms with van der Waals surface area (Å²) in [5.41, 5.74) is 4.96. The second-order valence-electron chi connectivity index (χ2n) is 17.4. The molecule has 67 heavy (non-hydrogen) atoms. The molecule has 4 atom stereocenters. The van der Waals surface area contributed by atoms with E-state index in [-0.39, 0.29) is 12.6 Å².